The molecule has 1 atom stereocenters. The van der Waals surface area contributed by atoms with Gasteiger partial charge in [0.25, 0.3) is 0 Å². The van der Waals surface area contributed by atoms with Gasteiger partial charge in [-0.1, -0.05) is 31.5 Å². The zero-order chi connectivity index (χ0) is 12.8. The van der Waals surface area contributed by atoms with E-state index < -0.39 is 0 Å². The number of methoxy groups -OCH3 is 1. The van der Waals surface area contributed by atoms with Crippen LogP contribution in [0, 0.1) is 12.8 Å². The van der Waals surface area contributed by atoms with Crippen LogP contribution in [0.1, 0.15) is 37.8 Å². The first-order chi connectivity index (χ1) is 8.02. The molecule has 0 heterocycles. The molecule has 2 N–H and O–H groups in total. The molecule has 0 amide bonds. The van der Waals surface area contributed by atoms with E-state index in [4.69, 9.17) is 10.5 Å². The average Bonchev–Trinajstić information content (AvgIpc) is 2.27. The molecule has 2 heteroatoms. The van der Waals surface area contributed by atoms with Crippen LogP contribution in [0.25, 0.3) is 0 Å². The summed E-state index contributed by atoms with van der Waals surface area (Å²) < 4.78 is 5.37. The predicted octanol–water partition coefficient (Wildman–Crippen LogP) is 3.31. The van der Waals surface area contributed by atoms with E-state index in [1.807, 2.05) is 6.07 Å². The third-order valence-corrected chi connectivity index (χ3v) is 3.03. The Kier molecular flexibility index (Phi) is 5.49. The van der Waals surface area contributed by atoms with E-state index in [1.165, 1.54) is 17.5 Å². The molecule has 0 aromatic heterocycles. The molecule has 0 aliphatic carbocycles. The molecular weight excluding hydrogens is 210 g/mol. The molecule has 0 aliphatic rings. The lowest BCUT2D eigenvalue weighted by molar-refractivity contribution is 0.405. The van der Waals surface area contributed by atoms with Crippen molar-refractivity contribution in [2.75, 3.05) is 7.11 Å². The monoisotopic (exact) mass is 235 g/mol. The van der Waals surface area contributed by atoms with E-state index in [9.17, 15) is 0 Å². The summed E-state index contributed by atoms with van der Waals surface area (Å²) in [6.07, 6.45) is 3.17. The first-order valence-electron chi connectivity index (χ1n) is 6.42. The van der Waals surface area contributed by atoms with Crippen molar-refractivity contribution in [2.45, 2.75) is 46.1 Å². The Morgan fingerprint density at radius 1 is 1.24 bits per heavy atom. The van der Waals surface area contributed by atoms with Gasteiger partial charge in [0.2, 0.25) is 0 Å². The molecule has 0 saturated carbocycles. The Morgan fingerprint density at radius 2 is 1.94 bits per heavy atom. The van der Waals surface area contributed by atoms with Crippen molar-refractivity contribution in [1.29, 1.82) is 0 Å². The zero-order valence-corrected chi connectivity index (χ0v) is 11.5. The highest BCUT2D eigenvalue weighted by Crippen LogP contribution is 2.22. The topological polar surface area (TPSA) is 35.2 Å². The van der Waals surface area contributed by atoms with Gasteiger partial charge in [-0.3, -0.25) is 0 Å². The fraction of sp³-hybridized carbons (Fsp3) is 0.600. The van der Waals surface area contributed by atoms with Crippen molar-refractivity contribution in [3.05, 3.63) is 29.3 Å². The Bertz CT molecular complexity index is 347. The Balaban J connectivity index is 2.63. The van der Waals surface area contributed by atoms with E-state index in [-0.39, 0.29) is 6.04 Å². The summed E-state index contributed by atoms with van der Waals surface area (Å²) >= 11 is 0. The minimum absolute atomic E-state index is 0.230. The number of hydrogen-bond acceptors (Lipinski definition) is 2. The summed E-state index contributed by atoms with van der Waals surface area (Å²) in [5, 5.41) is 0. The molecule has 17 heavy (non-hydrogen) atoms. The molecule has 1 aromatic rings. The van der Waals surface area contributed by atoms with Gasteiger partial charge in [-0.05, 0) is 43.7 Å². The first kappa shape index (κ1) is 14.0. The van der Waals surface area contributed by atoms with Crippen molar-refractivity contribution < 1.29 is 4.74 Å². The fourth-order valence-electron chi connectivity index (χ4n) is 2.00. The summed E-state index contributed by atoms with van der Waals surface area (Å²) in [7, 11) is 1.72. The summed E-state index contributed by atoms with van der Waals surface area (Å²) in [4.78, 5) is 0. The lowest BCUT2D eigenvalue weighted by atomic mass is 9.97. The second kappa shape index (κ2) is 6.65. The van der Waals surface area contributed by atoms with Crippen LogP contribution < -0.4 is 10.5 Å². The molecule has 1 rings (SSSR count). The first-order valence-corrected chi connectivity index (χ1v) is 6.42. The van der Waals surface area contributed by atoms with Crippen LogP contribution in [0.15, 0.2) is 18.2 Å². The van der Waals surface area contributed by atoms with Crippen LogP contribution in [-0.4, -0.2) is 13.2 Å². The van der Waals surface area contributed by atoms with Crippen molar-refractivity contribution in [1.82, 2.24) is 0 Å². The van der Waals surface area contributed by atoms with Crippen LogP contribution in [0.5, 0.6) is 5.75 Å². The molecule has 0 aliphatic heterocycles. The van der Waals surface area contributed by atoms with Gasteiger partial charge in [-0.2, -0.15) is 0 Å². The number of rotatable bonds is 6. The van der Waals surface area contributed by atoms with Crippen LogP contribution in [-0.2, 0) is 6.42 Å². The number of ether oxygens (including phenoxy) is 1. The summed E-state index contributed by atoms with van der Waals surface area (Å²) in [5.41, 5.74) is 8.66. The molecule has 0 saturated heterocycles. The second-order valence-corrected chi connectivity index (χ2v) is 5.25. The molecule has 0 spiro atoms. The van der Waals surface area contributed by atoms with Gasteiger partial charge in [0.1, 0.15) is 5.75 Å². The van der Waals surface area contributed by atoms with E-state index in [0.29, 0.717) is 0 Å². The van der Waals surface area contributed by atoms with E-state index in [2.05, 4.69) is 32.9 Å². The van der Waals surface area contributed by atoms with Crippen LogP contribution in [0.4, 0.5) is 0 Å². The van der Waals surface area contributed by atoms with Gasteiger partial charge in [0, 0.05) is 6.04 Å². The standard InChI is InChI=1S/C15H25NO/c1-11(2)5-7-14(16)10-13-9-12(3)6-8-15(13)17-4/h6,8-9,11,14H,5,7,10,16H2,1-4H3. The quantitative estimate of drug-likeness (QED) is 0.821. The largest absolute Gasteiger partial charge is 0.496 e. The van der Waals surface area contributed by atoms with Crippen LogP contribution in [0.2, 0.25) is 0 Å². The third-order valence-electron chi connectivity index (χ3n) is 3.03. The second-order valence-electron chi connectivity index (χ2n) is 5.25. The van der Waals surface area contributed by atoms with E-state index >= 15 is 0 Å². The van der Waals surface area contributed by atoms with Gasteiger partial charge < -0.3 is 10.5 Å². The third kappa shape index (κ3) is 4.78. The maximum atomic E-state index is 6.17. The molecule has 2 nitrogen and oxygen atoms in total. The molecule has 0 radical (unpaired) electrons. The van der Waals surface area contributed by atoms with Crippen molar-refractivity contribution >= 4 is 0 Å². The van der Waals surface area contributed by atoms with Crippen molar-refractivity contribution in [3.8, 4) is 5.75 Å². The maximum Gasteiger partial charge on any atom is 0.122 e. The SMILES string of the molecule is COc1ccc(C)cc1CC(N)CCC(C)C. The Labute approximate surface area is 105 Å². The number of hydrogen-bond donors (Lipinski definition) is 1. The molecular formula is C15H25NO. The highest BCUT2D eigenvalue weighted by Gasteiger charge is 2.09. The number of benzene rings is 1. The van der Waals surface area contributed by atoms with E-state index in [1.54, 1.807) is 7.11 Å². The number of aryl methyl sites for hydroxylation is 1. The van der Waals surface area contributed by atoms with E-state index in [0.717, 1.165) is 24.5 Å². The van der Waals surface area contributed by atoms with Gasteiger partial charge in [0.15, 0.2) is 0 Å². The average molecular weight is 235 g/mol. The number of nitrogens with two attached hydrogens (primary N) is 1. The van der Waals surface area contributed by atoms with Gasteiger partial charge >= 0.3 is 0 Å². The van der Waals surface area contributed by atoms with Gasteiger partial charge in [-0.25, -0.2) is 0 Å². The minimum Gasteiger partial charge on any atom is -0.496 e. The molecule has 1 aromatic carbocycles. The predicted molar refractivity (Wildman–Crippen MR) is 73.5 cm³/mol. The zero-order valence-electron chi connectivity index (χ0n) is 11.5. The molecule has 0 fully saturated rings. The lowest BCUT2D eigenvalue weighted by Gasteiger charge is -2.15. The smallest absolute Gasteiger partial charge is 0.122 e. The highest BCUT2D eigenvalue weighted by atomic mass is 16.5. The maximum absolute atomic E-state index is 6.17. The summed E-state index contributed by atoms with van der Waals surface area (Å²) in [6.45, 7) is 6.57. The van der Waals surface area contributed by atoms with Crippen LogP contribution in [0.3, 0.4) is 0 Å². The fourth-order valence-corrected chi connectivity index (χ4v) is 2.00. The summed E-state index contributed by atoms with van der Waals surface area (Å²) in [5.74, 6) is 1.68. The van der Waals surface area contributed by atoms with Crippen LogP contribution >= 0.6 is 0 Å². The minimum atomic E-state index is 0.230. The highest BCUT2D eigenvalue weighted by molar-refractivity contribution is 5.37. The Morgan fingerprint density at radius 3 is 2.53 bits per heavy atom. The Hall–Kier alpha value is -1.02. The lowest BCUT2D eigenvalue weighted by Crippen LogP contribution is -2.23. The molecule has 96 valence electrons. The molecule has 0 bridgehead atoms. The van der Waals surface area contributed by atoms with Crippen molar-refractivity contribution in [3.63, 3.8) is 0 Å². The van der Waals surface area contributed by atoms with Gasteiger partial charge in [0.05, 0.1) is 7.11 Å². The van der Waals surface area contributed by atoms with Crippen molar-refractivity contribution in [2.24, 2.45) is 11.7 Å². The normalized spacial score (nSPS) is 12.8. The summed E-state index contributed by atoms with van der Waals surface area (Å²) in [6, 6.07) is 6.50. The molecule has 1 unspecified atom stereocenters. The van der Waals surface area contributed by atoms with Gasteiger partial charge in [-0.15, -0.1) is 0 Å².